The molecule has 2 N–H and O–H groups in total. The Hall–Kier alpha value is -3.23. The number of amides is 1. The largest absolute Gasteiger partial charge is 0.481 e. The number of benzene rings is 2. The second-order valence-electron chi connectivity index (χ2n) is 5.86. The van der Waals surface area contributed by atoms with Crippen LogP contribution in [0.1, 0.15) is 16.8 Å². The van der Waals surface area contributed by atoms with Gasteiger partial charge in [-0.3, -0.25) is 9.59 Å². The molecule has 6 nitrogen and oxygen atoms in total. The second-order valence-corrected chi connectivity index (χ2v) is 5.86. The van der Waals surface area contributed by atoms with Gasteiger partial charge in [-0.25, -0.2) is 4.39 Å². The van der Waals surface area contributed by atoms with Gasteiger partial charge in [0.2, 0.25) is 0 Å². The number of nitrogens with zero attached hydrogens (tertiary/aromatic N) is 1. The van der Waals surface area contributed by atoms with Crippen molar-refractivity contribution in [1.29, 1.82) is 0 Å². The van der Waals surface area contributed by atoms with Crippen LogP contribution in [0, 0.1) is 5.82 Å². The number of fused-ring (bicyclic) bond motifs is 1. The van der Waals surface area contributed by atoms with E-state index in [1.807, 2.05) is 0 Å². The van der Waals surface area contributed by atoms with E-state index in [9.17, 15) is 22.8 Å². The zero-order valence-electron chi connectivity index (χ0n) is 13.9. The topological polar surface area (TPSA) is 78.9 Å². The van der Waals surface area contributed by atoms with E-state index in [2.05, 4.69) is 10.1 Å². The molecule has 0 bridgehead atoms. The van der Waals surface area contributed by atoms with E-state index in [1.54, 1.807) is 12.1 Å². The molecule has 0 saturated carbocycles. The third-order valence-corrected chi connectivity index (χ3v) is 4.02. The van der Waals surface area contributed by atoms with Crippen molar-refractivity contribution < 1.29 is 32.6 Å². The standard InChI is InChI=1S/C18H15F3N2O4/c19-12-5-11(6-13(8-12)27-18(20)21)10-1-2-14-15(7-10)22-9-23(17(14)26)4-3-16(24)25/h1-2,5-8,18,22H,3-4,9H2,(H,24,25). The maximum absolute atomic E-state index is 13.7. The summed E-state index contributed by atoms with van der Waals surface area (Å²) in [6, 6.07) is 7.98. The second kappa shape index (κ2) is 7.56. The summed E-state index contributed by atoms with van der Waals surface area (Å²) in [4.78, 5) is 24.5. The Morgan fingerprint density at radius 3 is 2.70 bits per heavy atom. The van der Waals surface area contributed by atoms with Crippen molar-refractivity contribution in [1.82, 2.24) is 4.90 Å². The van der Waals surface area contributed by atoms with Crippen molar-refractivity contribution >= 4 is 17.6 Å². The molecule has 1 amide bonds. The lowest BCUT2D eigenvalue weighted by Gasteiger charge is -2.29. The molecular weight excluding hydrogens is 365 g/mol. The van der Waals surface area contributed by atoms with Crippen LogP contribution in [0.2, 0.25) is 0 Å². The number of aliphatic carboxylic acids is 1. The molecule has 0 atom stereocenters. The van der Waals surface area contributed by atoms with E-state index in [-0.39, 0.29) is 31.3 Å². The molecule has 1 heterocycles. The number of rotatable bonds is 6. The fraction of sp³-hybridized carbons (Fsp3) is 0.222. The smallest absolute Gasteiger partial charge is 0.387 e. The van der Waals surface area contributed by atoms with Gasteiger partial charge in [0.15, 0.2) is 0 Å². The number of carboxylic acids is 1. The number of carbonyl (C=O) groups excluding carboxylic acids is 1. The minimum absolute atomic E-state index is 0.0700. The third-order valence-electron chi connectivity index (χ3n) is 4.02. The van der Waals surface area contributed by atoms with Crippen LogP contribution in [0.15, 0.2) is 36.4 Å². The molecule has 1 aliphatic rings. The highest BCUT2D eigenvalue weighted by Crippen LogP contribution is 2.31. The van der Waals surface area contributed by atoms with E-state index < -0.39 is 18.4 Å². The van der Waals surface area contributed by atoms with E-state index in [0.29, 0.717) is 22.4 Å². The number of carboxylic acid groups (broad SMARTS) is 1. The highest BCUT2D eigenvalue weighted by atomic mass is 19.3. The number of hydrogen-bond donors (Lipinski definition) is 2. The van der Waals surface area contributed by atoms with Crippen molar-refractivity contribution in [2.24, 2.45) is 0 Å². The van der Waals surface area contributed by atoms with Crippen molar-refractivity contribution in [3.8, 4) is 16.9 Å². The van der Waals surface area contributed by atoms with Crippen LogP contribution in [0.4, 0.5) is 18.9 Å². The molecule has 27 heavy (non-hydrogen) atoms. The lowest BCUT2D eigenvalue weighted by Crippen LogP contribution is -2.41. The molecule has 1 aliphatic heterocycles. The summed E-state index contributed by atoms with van der Waals surface area (Å²) in [6.45, 7) is -2.87. The van der Waals surface area contributed by atoms with Gasteiger partial charge in [0.1, 0.15) is 11.6 Å². The molecule has 0 unspecified atom stereocenters. The van der Waals surface area contributed by atoms with Gasteiger partial charge >= 0.3 is 12.6 Å². The fourth-order valence-electron chi connectivity index (χ4n) is 2.79. The van der Waals surface area contributed by atoms with Gasteiger partial charge in [0.25, 0.3) is 5.91 Å². The maximum atomic E-state index is 13.7. The third kappa shape index (κ3) is 4.30. The monoisotopic (exact) mass is 380 g/mol. The fourth-order valence-corrected chi connectivity index (χ4v) is 2.79. The molecule has 2 aromatic rings. The molecule has 142 valence electrons. The molecule has 0 spiro atoms. The Bertz CT molecular complexity index is 889. The Morgan fingerprint density at radius 2 is 2.00 bits per heavy atom. The van der Waals surface area contributed by atoms with Crippen LogP contribution in [0.3, 0.4) is 0 Å². The lowest BCUT2D eigenvalue weighted by molar-refractivity contribution is -0.137. The highest BCUT2D eigenvalue weighted by molar-refractivity contribution is 6.02. The Balaban J connectivity index is 1.86. The molecular formula is C18H15F3N2O4. The Morgan fingerprint density at radius 1 is 1.22 bits per heavy atom. The number of alkyl halides is 2. The first-order valence-corrected chi connectivity index (χ1v) is 7.98. The summed E-state index contributed by atoms with van der Waals surface area (Å²) >= 11 is 0. The number of nitrogens with one attached hydrogen (secondary N) is 1. The zero-order chi connectivity index (χ0) is 19.6. The summed E-state index contributed by atoms with van der Waals surface area (Å²) in [5.41, 5.74) is 1.66. The molecule has 0 aromatic heterocycles. The number of carbonyl (C=O) groups is 2. The van der Waals surface area contributed by atoms with Crippen LogP contribution in [-0.2, 0) is 4.79 Å². The first-order valence-electron chi connectivity index (χ1n) is 7.98. The molecule has 0 radical (unpaired) electrons. The Labute approximate surface area is 152 Å². The van der Waals surface area contributed by atoms with Crippen molar-refractivity contribution in [3.05, 3.63) is 47.8 Å². The summed E-state index contributed by atoms with van der Waals surface area (Å²) in [6.07, 6.45) is -0.170. The zero-order valence-corrected chi connectivity index (χ0v) is 13.9. The van der Waals surface area contributed by atoms with E-state index in [4.69, 9.17) is 5.11 Å². The minimum atomic E-state index is -3.07. The van der Waals surface area contributed by atoms with Gasteiger partial charge in [0, 0.05) is 18.3 Å². The molecule has 3 rings (SSSR count). The first-order chi connectivity index (χ1) is 12.8. The predicted molar refractivity (Wildman–Crippen MR) is 90.2 cm³/mol. The summed E-state index contributed by atoms with van der Waals surface area (Å²) in [5, 5.41) is 11.7. The SMILES string of the molecule is O=C(O)CCN1CNc2cc(-c3cc(F)cc(OC(F)F)c3)ccc2C1=O. The summed E-state index contributed by atoms with van der Waals surface area (Å²) < 4.78 is 42.7. The molecule has 0 aliphatic carbocycles. The van der Waals surface area contributed by atoms with Gasteiger partial charge in [-0.1, -0.05) is 6.07 Å². The normalized spacial score (nSPS) is 13.3. The quantitative estimate of drug-likeness (QED) is 0.803. The van der Waals surface area contributed by atoms with Crippen LogP contribution in [-0.4, -0.2) is 41.7 Å². The lowest BCUT2D eigenvalue weighted by atomic mass is 10.0. The first kappa shape index (κ1) is 18.6. The average Bonchev–Trinajstić information content (AvgIpc) is 2.59. The summed E-state index contributed by atoms with van der Waals surface area (Å²) in [7, 11) is 0. The van der Waals surface area contributed by atoms with Gasteiger partial charge in [-0.15, -0.1) is 0 Å². The number of ether oxygens (including phenoxy) is 1. The van der Waals surface area contributed by atoms with Gasteiger partial charge in [-0.2, -0.15) is 8.78 Å². The van der Waals surface area contributed by atoms with Crippen LogP contribution in [0.5, 0.6) is 5.75 Å². The van der Waals surface area contributed by atoms with Gasteiger partial charge in [0.05, 0.1) is 18.7 Å². The van der Waals surface area contributed by atoms with E-state index in [0.717, 1.165) is 6.07 Å². The molecule has 0 fully saturated rings. The molecule has 9 heteroatoms. The molecule has 0 saturated heterocycles. The van der Waals surface area contributed by atoms with Crippen LogP contribution >= 0.6 is 0 Å². The maximum Gasteiger partial charge on any atom is 0.387 e. The van der Waals surface area contributed by atoms with Crippen molar-refractivity contribution in [3.63, 3.8) is 0 Å². The highest BCUT2D eigenvalue weighted by Gasteiger charge is 2.24. The van der Waals surface area contributed by atoms with Crippen molar-refractivity contribution in [2.75, 3.05) is 18.5 Å². The van der Waals surface area contributed by atoms with E-state index in [1.165, 1.54) is 23.1 Å². The number of halogens is 3. The minimum Gasteiger partial charge on any atom is -0.481 e. The van der Waals surface area contributed by atoms with Gasteiger partial charge < -0.3 is 20.1 Å². The molecule has 2 aromatic carbocycles. The predicted octanol–water partition coefficient (Wildman–Crippen LogP) is 3.39. The number of anilines is 1. The van der Waals surface area contributed by atoms with Gasteiger partial charge in [-0.05, 0) is 35.4 Å². The van der Waals surface area contributed by atoms with Crippen LogP contribution in [0.25, 0.3) is 11.1 Å². The Kier molecular flexibility index (Phi) is 5.20. The number of hydrogen-bond acceptors (Lipinski definition) is 4. The van der Waals surface area contributed by atoms with E-state index >= 15 is 0 Å². The van der Waals surface area contributed by atoms with Crippen molar-refractivity contribution in [2.45, 2.75) is 13.0 Å². The summed E-state index contributed by atoms with van der Waals surface area (Å²) in [5.74, 6) is -2.36. The average molecular weight is 380 g/mol. The van der Waals surface area contributed by atoms with Crippen LogP contribution < -0.4 is 10.1 Å².